The average molecular weight is 372 g/mol. The van der Waals surface area contributed by atoms with Gasteiger partial charge < -0.3 is 0 Å². The lowest BCUT2D eigenvalue weighted by molar-refractivity contribution is 1.19. The van der Waals surface area contributed by atoms with Crippen molar-refractivity contribution in [1.82, 2.24) is 9.38 Å². The molecule has 2 aromatic heterocycles. The molecule has 0 saturated heterocycles. The monoisotopic (exact) mass is 372 g/mol. The molecule has 2 heteroatoms. The average Bonchev–Trinajstić information content (AvgIpc) is 3.18. The Balaban J connectivity index is 1.65. The molecule has 0 N–H and O–H groups in total. The van der Waals surface area contributed by atoms with Crippen LogP contribution in [0, 0.1) is 0 Å². The van der Waals surface area contributed by atoms with Gasteiger partial charge in [0.2, 0.25) is 0 Å². The van der Waals surface area contributed by atoms with Crippen molar-refractivity contribution in [1.29, 1.82) is 0 Å². The second kappa shape index (κ2) is 7.61. The van der Waals surface area contributed by atoms with Gasteiger partial charge in [-0.1, -0.05) is 103 Å². The first-order valence-electron chi connectivity index (χ1n) is 9.74. The normalized spacial score (nSPS) is 11.3. The third-order valence-electron chi connectivity index (χ3n) is 5.01. The van der Waals surface area contributed by atoms with E-state index in [4.69, 9.17) is 4.98 Å². The van der Waals surface area contributed by atoms with Gasteiger partial charge in [-0.25, -0.2) is 4.98 Å². The van der Waals surface area contributed by atoms with Gasteiger partial charge in [-0.3, -0.25) is 4.40 Å². The minimum absolute atomic E-state index is 0.943. The van der Waals surface area contributed by atoms with E-state index < -0.39 is 0 Å². The third-order valence-corrected chi connectivity index (χ3v) is 5.01. The molecule has 0 amide bonds. The quantitative estimate of drug-likeness (QED) is 0.338. The van der Waals surface area contributed by atoms with Crippen molar-refractivity contribution in [2.24, 2.45) is 0 Å². The van der Waals surface area contributed by atoms with Gasteiger partial charge in [0, 0.05) is 17.3 Å². The number of pyridine rings is 1. The number of fused-ring (bicyclic) bond motifs is 1. The van der Waals surface area contributed by atoms with Crippen molar-refractivity contribution in [2.45, 2.75) is 0 Å². The van der Waals surface area contributed by atoms with Gasteiger partial charge in [0.15, 0.2) is 0 Å². The summed E-state index contributed by atoms with van der Waals surface area (Å²) in [6.07, 6.45) is 6.38. The molecule has 5 aromatic rings. The van der Waals surface area contributed by atoms with Crippen LogP contribution in [0.25, 0.3) is 40.3 Å². The fourth-order valence-electron chi connectivity index (χ4n) is 3.59. The van der Waals surface area contributed by atoms with Gasteiger partial charge in [-0.2, -0.15) is 0 Å². The summed E-state index contributed by atoms with van der Waals surface area (Å²) in [7, 11) is 0. The molecular formula is C27H20N2. The Morgan fingerprint density at radius 1 is 0.586 bits per heavy atom. The maximum Gasteiger partial charge on any atom is 0.138 e. The Hall–Kier alpha value is -3.91. The molecule has 0 aliphatic carbocycles. The maximum absolute atomic E-state index is 5.00. The molecule has 0 atom stereocenters. The summed E-state index contributed by atoms with van der Waals surface area (Å²) in [4.78, 5) is 5.00. The Morgan fingerprint density at radius 2 is 1.17 bits per heavy atom. The lowest BCUT2D eigenvalue weighted by Crippen LogP contribution is -1.90. The molecule has 3 aromatic carbocycles. The van der Waals surface area contributed by atoms with E-state index in [1.807, 2.05) is 18.2 Å². The molecule has 0 bridgehead atoms. The van der Waals surface area contributed by atoms with Crippen molar-refractivity contribution >= 4 is 17.8 Å². The number of nitrogens with zero attached hydrogens (tertiary/aromatic N) is 2. The largest absolute Gasteiger partial charge is 0.299 e. The molecule has 29 heavy (non-hydrogen) atoms. The molecule has 2 nitrogen and oxygen atoms in total. The lowest BCUT2D eigenvalue weighted by Gasteiger charge is -2.06. The fraction of sp³-hybridized carbons (Fsp3) is 0. The number of benzene rings is 3. The van der Waals surface area contributed by atoms with Gasteiger partial charge in [0.25, 0.3) is 0 Å². The summed E-state index contributed by atoms with van der Waals surface area (Å²) in [5.74, 6) is 0. The van der Waals surface area contributed by atoms with E-state index in [0.717, 1.165) is 33.7 Å². The Labute approximate surface area is 170 Å². The summed E-state index contributed by atoms with van der Waals surface area (Å²) in [5, 5.41) is 0. The highest BCUT2D eigenvalue weighted by Crippen LogP contribution is 2.33. The highest BCUT2D eigenvalue weighted by atomic mass is 15.0. The molecule has 138 valence electrons. The first-order valence-corrected chi connectivity index (χ1v) is 9.74. The summed E-state index contributed by atoms with van der Waals surface area (Å²) < 4.78 is 2.18. The predicted molar refractivity (Wildman–Crippen MR) is 121 cm³/mol. The van der Waals surface area contributed by atoms with E-state index in [1.54, 1.807) is 0 Å². The van der Waals surface area contributed by atoms with Gasteiger partial charge in [-0.15, -0.1) is 0 Å². The summed E-state index contributed by atoms with van der Waals surface area (Å²) >= 11 is 0. The van der Waals surface area contributed by atoms with Gasteiger partial charge in [0.05, 0.1) is 11.4 Å². The standard InChI is InChI=1S/C27H20N2/c1-4-10-21(11-5-1)16-17-22-18-19-29-25(20-22)28-26(23-12-6-2-7-13-23)27(29)24-14-8-3-9-15-24/h1-20H. The zero-order chi connectivity index (χ0) is 19.5. The second-order valence-electron chi connectivity index (χ2n) is 6.97. The van der Waals surface area contributed by atoms with Crippen molar-refractivity contribution in [2.75, 3.05) is 0 Å². The molecule has 0 saturated carbocycles. The van der Waals surface area contributed by atoms with Crippen molar-refractivity contribution in [3.63, 3.8) is 0 Å². The Kier molecular flexibility index (Phi) is 4.51. The third kappa shape index (κ3) is 3.48. The van der Waals surface area contributed by atoms with Crippen molar-refractivity contribution in [3.05, 3.63) is 120 Å². The zero-order valence-corrected chi connectivity index (χ0v) is 15.9. The topological polar surface area (TPSA) is 17.3 Å². The van der Waals surface area contributed by atoms with Crippen molar-refractivity contribution < 1.29 is 0 Å². The van der Waals surface area contributed by atoms with Crippen LogP contribution < -0.4 is 0 Å². The van der Waals surface area contributed by atoms with E-state index >= 15 is 0 Å². The van der Waals surface area contributed by atoms with E-state index in [9.17, 15) is 0 Å². The molecular weight excluding hydrogens is 352 g/mol. The highest BCUT2D eigenvalue weighted by Gasteiger charge is 2.15. The van der Waals surface area contributed by atoms with E-state index in [1.165, 1.54) is 5.56 Å². The number of hydrogen-bond acceptors (Lipinski definition) is 1. The maximum atomic E-state index is 5.00. The highest BCUT2D eigenvalue weighted by molar-refractivity contribution is 5.83. The van der Waals surface area contributed by atoms with Crippen LogP contribution in [-0.2, 0) is 0 Å². The molecule has 0 spiro atoms. The minimum Gasteiger partial charge on any atom is -0.299 e. The van der Waals surface area contributed by atoms with Gasteiger partial charge in [0.1, 0.15) is 5.65 Å². The number of aromatic nitrogens is 2. The van der Waals surface area contributed by atoms with Crippen LogP contribution in [0.3, 0.4) is 0 Å². The predicted octanol–water partition coefficient (Wildman–Crippen LogP) is 6.84. The lowest BCUT2D eigenvalue weighted by atomic mass is 10.1. The second-order valence-corrected chi connectivity index (χ2v) is 6.97. The van der Waals surface area contributed by atoms with E-state index in [2.05, 4.69) is 108 Å². The van der Waals surface area contributed by atoms with Crippen LogP contribution >= 0.6 is 0 Å². The van der Waals surface area contributed by atoms with Crippen LogP contribution in [0.4, 0.5) is 0 Å². The van der Waals surface area contributed by atoms with E-state index in [0.29, 0.717) is 0 Å². The van der Waals surface area contributed by atoms with Gasteiger partial charge >= 0.3 is 0 Å². The Morgan fingerprint density at radius 3 is 1.86 bits per heavy atom. The van der Waals surface area contributed by atoms with Crippen LogP contribution in [0.5, 0.6) is 0 Å². The first-order chi connectivity index (χ1) is 14.4. The van der Waals surface area contributed by atoms with E-state index in [-0.39, 0.29) is 0 Å². The number of rotatable bonds is 4. The summed E-state index contributed by atoms with van der Waals surface area (Å²) in [6.45, 7) is 0. The molecule has 0 aliphatic heterocycles. The van der Waals surface area contributed by atoms with Gasteiger partial charge in [-0.05, 0) is 23.3 Å². The molecule has 0 aliphatic rings. The van der Waals surface area contributed by atoms with Crippen LogP contribution in [0.2, 0.25) is 0 Å². The van der Waals surface area contributed by atoms with Crippen LogP contribution in [-0.4, -0.2) is 9.38 Å². The molecule has 0 unspecified atom stereocenters. The first kappa shape index (κ1) is 17.2. The molecule has 0 fully saturated rings. The SMILES string of the molecule is C(=Cc1ccn2c(-c3ccccc3)c(-c3ccccc3)nc2c1)c1ccccc1. The minimum atomic E-state index is 0.943. The van der Waals surface area contributed by atoms with Crippen LogP contribution in [0.1, 0.15) is 11.1 Å². The molecule has 0 radical (unpaired) electrons. The fourth-order valence-corrected chi connectivity index (χ4v) is 3.59. The smallest absolute Gasteiger partial charge is 0.138 e. The zero-order valence-electron chi connectivity index (χ0n) is 15.9. The summed E-state index contributed by atoms with van der Waals surface area (Å²) in [6, 6.07) is 35.5. The molecule has 5 rings (SSSR count). The van der Waals surface area contributed by atoms with Crippen molar-refractivity contribution in [3.8, 4) is 22.5 Å². The number of imidazole rings is 1. The molecule has 2 heterocycles. The summed E-state index contributed by atoms with van der Waals surface area (Å²) in [5.41, 5.74) is 7.66. The Bertz CT molecular complexity index is 1270. The number of hydrogen-bond donors (Lipinski definition) is 0. The van der Waals surface area contributed by atoms with Crippen LogP contribution in [0.15, 0.2) is 109 Å².